The topological polar surface area (TPSA) is 87.2 Å². The molecule has 0 saturated heterocycles. The van der Waals surface area contributed by atoms with E-state index in [1.54, 1.807) is 12.1 Å². The Morgan fingerprint density at radius 1 is 1.15 bits per heavy atom. The van der Waals surface area contributed by atoms with Crippen molar-refractivity contribution in [2.75, 3.05) is 6.26 Å². The van der Waals surface area contributed by atoms with E-state index in [9.17, 15) is 12.8 Å². The molecule has 1 aromatic heterocycles. The zero-order chi connectivity index (χ0) is 24.2. The molecule has 3 aromatic rings. The molecule has 2 aliphatic rings. The molecule has 0 aliphatic heterocycles. The first-order valence-corrected chi connectivity index (χ1v) is 13.3. The highest BCUT2D eigenvalue weighted by molar-refractivity contribution is 7.90. The molecular weight excluding hydrogens is 484 g/mol. The molecule has 0 radical (unpaired) electrons. The lowest BCUT2D eigenvalue weighted by atomic mass is 9.84. The maximum Gasteiger partial charge on any atom is 0.231 e. The van der Waals surface area contributed by atoms with Crippen LogP contribution in [0.5, 0.6) is 5.75 Å². The minimum absolute atomic E-state index is 0.0143. The van der Waals surface area contributed by atoms with Gasteiger partial charge in [0.15, 0.2) is 11.6 Å². The Morgan fingerprint density at radius 3 is 2.62 bits per heavy atom. The second-order valence-corrected chi connectivity index (χ2v) is 11.4. The van der Waals surface area contributed by atoms with Crippen molar-refractivity contribution in [3.63, 3.8) is 0 Å². The summed E-state index contributed by atoms with van der Waals surface area (Å²) >= 11 is 6.14. The van der Waals surface area contributed by atoms with Gasteiger partial charge in [-0.15, -0.1) is 0 Å². The number of benzene rings is 2. The van der Waals surface area contributed by atoms with Crippen LogP contribution in [0, 0.1) is 23.5 Å². The molecule has 6 nitrogen and oxygen atoms in total. The fraction of sp³-hybridized carbons (Fsp3) is 0.375. The highest BCUT2D eigenvalue weighted by Gasteiger charge is 2.44. The van der Waals surface area contributed by atoms with E-state index >= 15 is 4.39 Å². The molecule has 2 aliphatic carbocycles. The lowest BCUT2D eigenvalue weighted by molar-refractivity contribution is 0.101. The molecule has 10 heteroatoms. The molecule has 0 amide bonds. The number of aromatic nitrogens is 2. The van der Waals surface area contributed by atoms with Gasteiger partial charge in [-0.1, -0.05) is 18.0 Å². The molecule has 1 heterocycles. The largest absolute Gasteiger partial charge is 0.482 e. The van der Waals surface area contributed by atoms with Crippen LogP contribution in [0.1, 0.15) is 36.5 Å². The monoisotopic (exact) mass is 507 g/mol. The van der Waals surface area contributed by atoms with E-state index in [4.69, 9.17) is 22.1 Å². The Morgan fingerprint density at radius 2 is 1.94 bits per heavy atom. The van der Waals surface area contributed by atoms with Gasteiger partial charge in [0.1, 0.15) is 11.9 Å². The molecule has 1 fully saturated rings. The van der Waals surface area contributed by atoms with Crippen LogP contribution in [0.4, 0.5) is 8.78 Å². The average Bonchev–Trinajstić information content (AvgIpc) is 3.48. The first-order chi connectivity index (χ1) is 16.1. The van der Waals surface area contributed by atoms with Crippen molar-refractivity contribution in [3.05, 3.63) is 70.5 Å². The summed E-state index contributed by atoms with van der Waals surface area (Å²) in [6.07, 6.45) is 6.46. The summed E-state index contributed by atoms with van der Waals surface area (Å²) in [4.78, 5) is 3.86. The fourth-order valence-corrected chi connectivity index (χ4v) is 6.36. The molecule has 1 saturated carbocycles. The zero-order valence-corrected chi connectivity index (χ0v) is 20.0. The van der Waals surface area contributed by atoms with Crippen molar-refractivity contribution in [3.8, 4) is 11.4 Å². The van der Waals surface area contributed by atoms with Gasteiger partial charge in [-0.05, 0) is 55.0 Å². The van der Waals surface area contributed by atoms with E-state index in [0.29, 0.717) is 17.5 Å². The highest BCUT2D eigenvalue weighted by atomic mass is 35.5. The lowest BCUT2D eigenvalue weighted by Gasteiger charge is -2.29. The van der Waals surface area contributed by atoms with E-state index in [0.717, 1.165) is 25.5 Å². The number of rotatable bonds is 5. The first kappa shape index (κ1) is 23.3. The number of imidazole rings is 1. The molecule has 4 atom stereocenters. The molecule has 2 aromatic carbocycles. The molecule has 0 bridgehead atoms. The SMILES string of the molecule is CS(=O)(=O)c1nccn1-c1ccc(O[C@@H]2c3cc(Cl)cc(F)c3C[C@H]2[C@@H]2CCC[C@H]2N)c(F)c1. The van der Waals surface area contributed by atoms with Crippen LogP contribution < -0.4 is 10.5 Å². The smallest absolute Gasteiger partial charge is 0.231 e. The van der Waals surface area contributed by atoms with Crippen LogP contribution in [0.3, 0.4) is 0 Å². The van der Waals surface area contributed by atoms with Crippen molar-refractivity contribution in [1.82, 2.24) is 9.55 Å². The summed E-state index contributed by atoms with van der Waals surface area (Å²) in [5, 5.41) is 0.0659. The fourth-order valence-electron chi connectivity index (χ4n) is 5.37. The van der Waals surface area contributed by atoms with Crippen LogP contribution >= 0.6 is 11.6 Å². The minimum atomic E-state index is -3.61. The van der Waals surface area contributed by atoms with Crippen LogP contribution in [0.15, 0.2) is 47.9 Å². The van der Waals surface area contributed by atoms with E-state index in [2.05, 4.69) is 4.98 Å². The maximum atomic E-state index is 15.2. The number of fused-ring (bicyclic) bond motifs is 1. The molecular formula is C24H24ClF2N3O3S. The van der Waals surface area contributed by atoms with E-state index < -0.39 is 27.6 Å². The van der Waals surface area contributed by atoms with Gasteiger partial charge < -0.3 is 10.5 Å². The number of nitrogens with two attached hydrogens (primary N) is 1. The lowest BCUT2D eigenvalue weighted by Crippen LogP contribution is -2.33. The van der Waals surface area contributed by atoms with Gasteiger partial charge in [-0.2, -0.15) is 0 Å². The standard InChI is InChI=1S/C24H24ClF2N3O3S/c1-34(31,32)24-29-7-8-30(24)14-5-6-22(20(27)11-14)33-23-17-9-13(25)10-19(26)16(17)12-18(23)15-3-2-4-21(15)28/h5-11,15,18,21,23H,2-4,12,28H2,1H3/t15-,18-,21+,23+/m0/s1. The predicted molar refractivity (Wildman–Crippen MR) is 124 cm³/mol. The van der Waals surface area contributed by atoms with Crippen LogP contribution in [-0.4, -0.2) is 30.3 Å². The van der Waals surface area contributed by atoms with Gasteiger partial charge in [0.25, 0.3) is 0 Å². The number of halogens is 3. The van der Waals surface area contributed by atoms with E-state index in [-0.39, 0.29) is 39.5 Å². The first-order valence-electron chi connectivity index (χ1n) is 11.1. The molecule has 5 rings (SSSR count). The van der Waals surface area contributed by atoms with Gasteiger partial charge >= 0.3 is 0 Å². The third kappa shape index (κ3) is 4.10. The number of hydrogen-bond donors (Lipinski definition) is 1. The van der Waals surface area contributed by atoms with Gasteiger partial charge in [0.2, 0.25) is 15.0 Å². The van der Waals surface area contributed by atoms with Crippen LogP contribution in [0.2, 0.25) is 5.02 Å². The van der Waals surface area contributed by atoms with Crippen molar-refractivity contribution < 1.29 is 21.9 Å². The summed E-state index contributed by atoms with van der Waals surface area (Å²) in [5.41, 5.74) is 7.80. The molecule has 180 valence electrons. The van der Waals surface area contributed by atoms with Crippen LogP contribution in [-0.2, 0) is 16.3 Å². The summed E-state index contributed by atoms with van der Waals surface area (Å²) in [7, 11) is -3.61. The van der Waals surface area contributed by atoms with Crippen molar-refractivity contribution in [2.24, 2.45) is 17.6 Å². The number of hydrogen-bond acceptors (Lipinski definition) is 5. The van der Waals surface area contributed by atoms with Crippen molar-refractivity contribution in [2.45, 2.75) is 43.0 Å². The van der Waals surface area contributed by atoms with E-state index in [1.807, 2.05) is 0 Å². The second-order valence-electron chi connectivity index (χ2n) is 9.09. The molecule has 34 heavy (non-hydrogen) atoms. The number of nitrogens with zero attached hydrogens (tertiary/aromatic N) is 2. The third-order valence-electron chi connectivity index (χ3n) is 6.89. The zero-order valence-electron chi connectivity index (χ0n) is 18.4. The van der Waals surface area contributed by atoms with E-state index in [1.165, 1.54) is 35.2 Å². The Hall–Kier alpha value is -2.49. The number of sulfone groups is 1. The second kappa shape index (κ2) is 8.62. The number of ether oxygens (including phenoxy) is 1. The summed E-state index contributed by atoms with van der Waals surface area (Å²) in [6, 6.07) is 7.14. The Bertz CT molecular complexity index is 1360. The van der Waals surface area contributed by atoms with Gasteiger partial charge in [-0.3, -0.25) is 4.57 Å². The molecule has 0 spiro atoms. The van der Waals surface area contributed by atoms with Gasteiger partial charge in [-0.25, -0.2) is 22.2 Å². The minimum Gasteiger partial charge on any atom is -0.482 e. The molecule has 2 N–H and O–H groups in total. The van der Waals surface area contributed by atoms with Crippen LogP contribution in [0.25, 0.3) is 5.69 Å². The van der Waals surface area contributed by atoms with Crippen molar-refractivity contribution in [1.29, 1.82) is 0 Å². The maximum absolute atomic E-state index is 15.2. The molecule has 0 unspecified atom stereocenters. The van der Waals surface area contributed by atoms with Gasteiger partial charge in [0.05, 0.1) is 5.69 Å². The van der Waals surface area contributed by atoms with Crippen molar-refractivity contribution >= 4 is 21.4 Å². The Labute approximate surface area is 201 Å². The average molecular weight is 508 g/mol. The normalized spacial score (nSPS) is 24.4. The summed E-state index contributed by atoms with van der Waals surface area (Å²) < 4.78 is 61.4. The quantitative estimate of drug-likeness (QED) is 0.544. The van der Waals surface area contributed by atoms with Gasteiger partial charge in [0, 0.05) is 47.3 Å². The Balaban J connectivity index is 1.51. The highest BCUT2D eigenvalue weighted by Crippen LogP contribution is 2.49. The third-order valence-corrected chi connectivity index (χ3v) is 8.07. The summed E-state index contributed by atoms with van der Waals surface area (Å²) in [6.45, 7) is 0. The predicted octanol–water partition coefficient (Wildman–Crippen LogP) is 4.63. The Kier molecular flexibility index (Phi) is 5.90. The summed E-state index contributed by atoms with van der Waals surface area (Å²) in [5.74, 6) is -1.06.